The molecule has 2 aromatic heterocycles. The van der Waals surface area contributed by atoms with Gasteiger partial charge < -0.3 is 9.72 Å². The van der Waals surface area contributed by atoms with E-state index in [1.165, 1.54) is 19.5 Å². The van der Waals surface area contributed by atoms with Crippen LogP contribution in [0.25, 0.3) is 0 Å². The average molecular weight is 265 g/mol. The van der Waals surface area contributed by atoms with Crippen LogP contribution in [0.1, 0.15) is 0 Å². The van der Waals surface area contributed by atoms with Crippen molar-refractivity contribution in [3.05, 3.63) is 18.6 Å². The molecule has 10 heteroatoms. The molecule has 0 unspecified atom stereocenters. The van der Waals surface area contributed by atoms with Gasteiger partial charge in [-0.15, -0.1) is 5.10 Å². The molecule has 19 heavy (non-hydrogen) atoms. The van der Waals surface area contributed by atoms with Gasteiger partial charge in [0.05, 0.1) is 13.3 Å². The number of aromatic nitrogens is 5. The van der Waals surface area contributed by atoms with Crippen molar-refractivity contribution >= 4 is 23.8 Å². The van der Waals surface area contributed by atoms with E-state index in [1.807, 2.05) is 0 Å². The molecule has 0 saturated carbocycles. The normalized spacial score (nSPS) is 9.95. The quantitative estimate of drug-likeness (QED) is 0.703. The molecule has 0 atom stereocenters. The summed E-state index contributed by atoms with van der Waals surface area (Å²) in [5, 5.41) is 12.5. The van der Waals surface area contributed by atoms with Gasteiger partial charge in [0.2, 0.25) is 11.9 Å². The number of nitrogens with zero attached hydrogens (tertiary/aromatic N) is 4. The van der Waals surface area contributed by atoms with E-state index in [4.69, 9.17) is 0 Å². The lowest BCUT2D eigenvalue weighted by atomic mass is 10.6. The van der Waals surface area contributed by atoms with Crippen molar-refractivity contribution in [1.82, 2.24) is 25.0 Å². The van der Waals surface area contributed by atoms with Crippen molar-refractivity contribution in [1.29, 1.82) is 0 Å². The minimum absolute atomic E-state index is 0.108. The first-order valence-corrected chi connectivity index (χ1v) is 5.21. The summed E-state index contributed by atoms with van der Waals surface area (Å²) in [5.41, 5.74) is 0. The Morgan fingerprint density at radius 3 is 3.00 bits per heavy atom. The number of imidazole rings is 1. The summed E-state index contributed by atoms with van der Waals surface area (Å²) in [6, 6.07) is 0. The van der Waals surface area contributed by atoms with E-state index in [9.17, 15) is 9.59 Å². The zero-order valence-electron chi connectivity index (χ0n) is 9.95. The van der Waals surface area contributed by atoms with Gasteiger partial charge in [0, 0.05) is 12.4 Å². The average Bonchev–Trinajstić information content (AvgIpc) is 3.01. The maximum Gasteiger partial charge on any atom is 0.412 e. The van der Waals surface area contributed by atoms with Gasteiger partial charge >= 0.3 is 6.09 Å². The first-order chi connectivity index (χ1) is 9.17. The maximum absolute atomic E-state index is 11.6. The van der Waals surface area contributed by atoms with Gasteiger partial charge in [-0.05, 0) is 0 Å². The molecule has 0 bridgehead atoms. The number of aromatic amines is 1. The van der Waals surface area contributed by atoms with Crippen LogP contribution < -0.4 is 10.6 Å². The van der Waals surface area contributed by atoms with Gasteiger partial charge in [-0.3, -0.25) is 15.4 Å². The molecule has 100 valence electrons. The summed E-state index contributed by atoms with van der Waals surface area (Å²) in [4.78, 5) is 30.2. The number of carbonyl (C=O) groups is 2. The van der Waals surface area contributed by atoms with Crippen LogP contribution >= 0.6 is 0 Å². The number of carbonyl (C=O) groups excluding carboxylic acids is 2. The molecule has 3 N–H and O–H groups in total. The van der Waals surface area contributed by atoms with E-state index in [2.05, 4.69) is 35.5 Å². The second-order valence-corrected chi connectivity index (χ2v) is 3.36. The predicted octanol–water partition coefficient (Wildman–Crippen LogP) is -0.182. The summed E-state index contributed by atoms with van der Waals surface area (Å²) in [6.45, 7) is -0.108. The Balaban J connectivity index is 1.89. The molecule has 2 rings (SSSR count). The van der Waals surface area contributed by atoms with E-state index in [0.29, 0.717) is 5.95 Å². The molecule has 10 nitrogen and oxygen atoms in total. The fourth-order valence-corrected chi connectivity index (χ4v) is 1.22. The Morgan fingerprint density at radius 1 is 1.47 bits per heavy atom. The highest BCUT2D eigenvalue weighted by Crippen LogP contribution is 2.00. The Hall–Kier alpha value is -2.91. The van der Waals surface area contributed by atoms with Gasteiger partial charge in [0.25, 0.3) is 0 Å². The predicted molar refractivity (Wildman–Crippen MR) is 63.3 cm³/mol. The molecule has 0 aliphatic carbocycles. The summed E-state index contributed by atoms with van der Waals surface area (Å²) in [6.07, 6.45) is 3.74. The van der Waals surface area contributed by atoms with E-state index in [0.717, 1.165) is 4.80 Å². The second-order valence-electron chi connectivity index (χ2n) is 3.36. The van der Waals surface area contributed by atoms with Crippen LogP contribution in [-0.4, -0.2) is 44.1 Å². The topological polar surface area (TPSA) is 127 Å². The fraction of sp³-hybridized carbons (Fsp3) is 0.222. The number of nitrogens with one attached hydrogen (secondary N) is 3. The molecule has 0 aliphatic rings. The first kappa shape index (κ1) is 12.5. The van der Waals surface area contributed by atoms with Crippen LogP contribution in [0.5, 0.6) is 0 Å². The number of methoxy groups -OCH3 is 1. The lowest BCUT2D eigenvalue weighted by Crippen LogP contribution is -2.21. The SMILES string of the molecule is COC(=O)Nc1cnn(CC(=O)Nc2ncc[nH]2)n1. The van der Waals surface area contributed by atoms with Crippen LogP contribution in [0.15, 0.2) is 18.6 Å². The molecule has 2 aromatic rings. The van der Waals surface area contributed by atoms with Gasteiger partial charge in [0.15, 0.2) is 5.82 Å². The fourth-order valence-electron chi connectivity index (χ4n) is 1.22. The van der Waals surface area contributed by atoms with Crippen LogP contribution in [-0.2, 0) is 16.1 Å². The summed E-state index contributed by atoms with van der Waals surface area (Å²) in [7, 11) is 1.23. The first-order valence-electron chi connectivity index (χ1n) is 5.21. The molecule has 0 fully saturated rings. The molecule has 0 spiro atoms. The van der Waals surface area contributed by atoms with Crippen LogP contribution in [0.2, 0.25) is 0 Å². The molecule has 0 aliphatic heterocycles. The van der Waals surface area contributed by atoms with Gasteiger partial charge in [0.1, 0.15) is 6.54 Å². The second kappa shape index (κ2) is 5.62. The number of hydrogen-bond acceptors (Lipinski definition) is 6. The van der Waals surface area contributed by atoms with E-state index < -0.39 is 6.09 Å². The highest BCUT2D eigenvalue weighted by Gasteiger charge is 2.09. The third-order valence-electron chi connectivity index (χ3n) is 1.99. The molecule has 2 amide bonds. The third kappa shape index (κ3) is 3.52. The number of rotatable bonds is 4. The van der Waals surface area contributed by atoms with Crippen LogP contribution in [0.3, 0.4) is 0 Å². The lowest BCUT2D eigenvalue weighted by Gasteiger charge is -2.01. The van der Waals surface area contributed by atoms with E-state index >= 15 is 0 Å². The Labute approximate surface area is 107 Å². The molecule has 0 saturated heterocycles. The van der Waals surface area contributed by atoms with Crippen molar-refractivity contribution in [2.24, 2.45) is 0 Å². The van der Waals surface area contributed by atoms with Crippen molar-refractivity contribution in [2.75, 3.05) is 17.7 Å². The molecular weight excluding hydrogens is 254 g/mol. The van der Waals surface area contributed by atoms with E-state index in [-0.39, 0.29) is 18.3 Å². The highest BCUT2D eigenvalue weighted by atomic mass is 16.5. The van der Waals surface area contributed by atoms with Crippen molar-refractivity contribution in [2.45, 2.75) is 6.54 Å². The smallest absolute Gasteiger partial charge is 0.412 e. The number of anilines is 2. The lowest BCUT2D eigenvalue weighted by molar-refractivity contribution is -0.117. The van der Waals surface area contributed by atoms with Crippen LogP contribution in [0.4, 0.5) is 16.6 Å². The largest absolute Gasteiger partial charge is 0.453 e. The number of amides is 2. The van der Waals surface area contributed by atoms with E-state index in [1.54, 1.807) is 6.20 Å². The van der Waals surface area contributed by atoms with Gasteiger partial charge in [-0.2, -0.15) is 9.90 Å². The van der Waals surface area contributed by atoms with Gasteiger partial charge in [-0.25, -0.2) is 9.78 Å². The molecule has 0 radical (unpaired) electrons. The molecule has 2 heterocycles. The Kier molecular flexibility index (Phi) is 3.71. The number of ether oxygens (including phenoxy) is 1. The van der Waals surface area contributed by atoms with Gasteiger partial charge in [-0.1, -0.05) is 0 Å². The standard InChI is InChI=1S/C9H11N7O3/c1-19-9(18)13-6-4-12-16(15-6)5-7(17)14-8-10-2-3-11-8/h2-4H,5H2,1H3,(H,13,15,18)(H2,10,11,14,17). The van der Waals surface area contributed by atoms with Crippen molar-refractivity contribution in [3.63, 3.8) is 0 Å². The Morgan fingerprint density at radius 2 is 2.32 bits per heavy atom. The minimum Gasteiger partial charge on any atom is -0.453 e. The zero-order chi connectivity index (χ0) is 13.7. The zero-order valence-corrected chi connectivity index (χ0v) is 9.95. The molecular formula is C9H11N7O3. The Bertz CT molecular complexity index is 562. The summed E-state index contributed by atoms with van der Waals surface area (Å²) >= 11 is 0. The highest BCUT2D eigenvalue weighted by molar-refractivity contribution is 5.88. The minimum atomic E-state index is -0.660. The molecule has 0 aromatic carbocycles. The number of hydrogen-bond donors (Lipinski definition) is 3. The summed E-state index contributed by atoms with van der Waals surface area (Å²) < 4.78 is 4.40. The van der Waals surface area contributed by atoms with Crippen molar-refractivity contribution < 1.29 is 14.3 Å². The monoisotopic (exact) mass is 265 g/mol. The summed E-state index contributed by atoms with van der Waals surface area (Å²) in [5.74, 6) is 0.179. The van der Waals surface area contributed by atoms with Crippen molar-refractivity contribution in [3.8, 4) is 0 Å². The van der Waals surface area contributed by atoms with Crippen LogP contribution in [0, 0.1) is 0 Å². The third-order valence-corrected chi connectivity index (χ3v) is 1.99. The number of H-pyrrole nitrogens is 1. The maximum atomic E-state index is 11.6.